The van der Waals surface area contributed by atoms with E-state index in [4.69, 9.17) is 0 Å². The minimum Gasteiger partial charge on any atom is -0.505 e. The average molecular weight is 617 g/mol. The standard InChI is InChI=1S/C21H20N4O12S3/c1-11-8-13(39(32,33)34)10-17(19(11)26)23-25-20(15-4-2-3-5-18(15)40(35,36)37)24-22-16-9-12(38(29,30)31)6-7-14(16)21(27)28/h2-10,23,26,29-31H,1H3,(H,27,28)(H,32,33,34)(H,35,36,37). The van der Waals surface area contributed by atoms with Crippen LogP contribution in [0.5, 0.6) is 5.75 Å². The van der Waals surface area contributed by atoms with Gasteiger partial charge in [-0.1, -0.05) is 12.1 Å². The maximum Gasteiger partial charge on any atom is 0.337 e. The van der Waals surface area contributed by atoms with Crippen LogP contribution in [-0.4, -0.2) is 61.6 Å². The lowest BCUT2D eigenvalue weighted by Gasteiger charge is -2.19. The number of rotatable bonds is 8. The van der Waals surface area contributed by atoms with E-state index in [1.54, 1.807) is 0 Å². The molecule has 0 saturated heterocycles. The molecular weight excluding hydrogens is 596 g/mol. The van der Waals surface area contributed by atoms with Crippen molar-refractivity contribution in [3.05, 3.63) is 71.3 Å². The first-order chi connectivity index (χ1) is 18.4. The lowest BCUT2D eigenvalue weighted by atomic mass is 10.2. The Hall–Kier alpha value is -3.95. The topological polar surface area (TPSA) is 276 Å². The molecule has 3 rings (SSSR count). The molecule has 0 saturated carbocycles. The van der Waals surface area contributed by atoms with Gasteiger partial charge in [0.05, 0.1) is 21.0 Å². The fraction of sp³-hybridized carbons (Fsp3) is 0.0476. The van der Waals surface area contributed by atoms with E-state index in [2.05, 4.69) is 20.8 Å². The minimum atomic E-state index is -4.90. The number of aryl methyl sites for hydroxylation is 1. The van der Waals surface area contributed by atoms with Gasteiger partial charge in [-0.2, -0.15) is 21.9 Å². The molecule has 0 atom stereocenters. The van der Waals surface area contributed by atoms with Crippen molar-refractivity contribution in [3.8, 4) is 5.75 Å². The van der Waals surface area contributed by atoms with E-state index in [-0.39, 0.29) is 5.56 Å². The Labute approximate surface area is 228 Å². The zero-order valence-electron chi connectivity index (χ0n) is 19.9. The van der Waals surface area contributed by atoms with Crippen molar-refractivity contribution >= 4 is 54.3 Å². The second kappa shape index (κ2) is 11.3. The first-order valence-electron chi connectivity index (χ1n) is 10.4. The van der Waals surface area contributed by atoms with E-state index >= 15 is 0 Å². The van der Waals surface area contributed by atoms with Crippen LogP contribution in [0.2, 0.25) is 0 Å². The second-order valence-electron chi connectivity index (χ2n) is 7.83. The Morgan fingerprint density at radius 2 is 1.48 bits per heavy atom. The molecule has 3 aromatic rings. The van der Waals surface area contributed by atoms with Crippen LogP contribution in [-0.2, 0) is 20.2 Å². The summed E-state index contributed by atoms with van der Waals surface area (Å²) < 4.78 is 94.7. The van der Waals surface area contributed by atoms with Crippen LogP contribution < -0.4 is 5.43 Å². The molecule has 0 amide bonds. The molecule has 0 aromatic heterocycles. The molecule has 0 aliphatic rings. The van der Waals surface area contributed by atoms with E-state index in [1.165, 1.54) is 19.1 Å². The van der Waals surface area contributed by atoms with Crippen molar-refractivity contribution < 1.29 is 54.6 Å². The number of hydrazone groups is 1. The number of hydrogen-bond donors (Lipinski definition) is 8. The molecule has 214 valence electrons. The largest absolute Gasteiger partial charge is 0.505 e. The summed E-state index contributed by atoms with van der Waals surface area (Å²) in [5.41, 5.74) is 0.377. The summed E-state index contributed by atoms with van der Waals surface area (Å²) in [5.74, 6) is -2.73. The number of hydrogen-bond acceptors (Lipinski definition) is 12. The van der Waals surface area contributed by atoms with Crippen LogP contribution in [0.3, 0.4) is 0 Å². The SMILES string of the molecule is Cc1cc(S(=O)(=O)O)cc(NN=C(N=Nc2cc(S(O)(O)O)ccc2C(=O)O)c2ccccc2S(=O)(=O)O)c1O. The number of carbonyl (C=O) groups is 1. The average Bonchev–Trinajstić information content (AvgIpc) is 2.84. The Morgan fingerprint density at radius 1 is 0.825 bits per heavy atom. The summed E-state index contributed by atoms with van der Waals surface area (Å²) in [7, 11) is -13.9. The number of nitrogens with zero attached hydrogens (tertiary/aromatic N) is 3. The molecule has 0 aliphatic carbocycles. The zero-order chi connectivity index (χ0) is 30.0. The van der Waals surface area contributed by atoms with Crippen LogP contribution in [0.15, 0.2) is 84.6 Å². The van der Waals surface area contributed by atoms with Crippen molar-refractivity contribution in [1.29, 1.82) is 0 Å². The van der Waals surface area contributed by atoms with Crippen molar-refractivity contribution in [2.75, 3.05) is 5.43 Å². The Balaban J connectivity index is 2.25. The zero-order valence-corrected chi connectivity index (χ0v) is 22.4. The van der Waals surface area contributed by atoms with Crippen molar-refractivity contribution in [3.63, 3.8) is 0 Å². The highest BCUT2D eigenvalue weighted by Crippen LogP contribution is 2.45. The van der Waals surface area contributed by atoms with Crippen LogP contribution >= 0.6 is 10.9 Å². The number of nitrogens with one attached hydrogen (secondary N) is 1. The second-order valence-corrected chi connectivity index (χ2v) is 12.2. The van der Waals surface area contributed by atoms with Crippen LogP contribution in [0.4, 0.5) is 11.4 Å². The summed E-state index contributed by atoms with van der Waals surface area (Å²) >= 11 is 0. The van der Waals surface area contributed by atoms with Gasteiger partial charge in [-0.3, -0.25) is 14.5 Å². The number of phenolic OH excluding ortho intramolecular Hbond substituents is 1. The molecule has 16 nitrogen and oxygen atoms in total. The monoisotopic (exact) mass is 616 g/mol. The molecule has 0 radical (unpaired) electrons. The maximum atomic E-state index is 12.0. The smallest absolute Gasteiger partial charge is 0.337 e. The van der Waals surface area contributed by atoms with Gasteiger partial charge < -0.3 is 23.9 Å². The highest BCUT2D eigenvalue weighted by Gasteiger charge is 2.22. The Morgan fingerprint density at radius 3 is 2.05 bits per heavy atom. The first kappa shape index (κ1) is 30.6. The highest BCUT2D eigenvalue weighted by molar-refractivity contribution is 8.19. The van der Waals surface area contributed by atoms with E-state index in [9.17, 15) is 54.6 Å². The number of amidine groups is 1. The molecule has 0 fully saturated rings. The fourth-order valence-corrected chi connectivity index (χ4v) is 4.95. The van der Waals surface area contributed by atoms with Gasteiger partial charge in [-0.15, -0.1) is 10.2 Å². The number of aromatic hydroxyl groups is 1. The van der Waals surface area contributed by atoms with E-state index in [0.717, 1.165) is 42.5 Å². The lowest BCUT2D eigenvalue weighted by Crippen LogP contribution is -2.10. The van der Waals surface area contributed by atoms with Crippen molar-refractivity contribution in [1.82, 2.24) is 0 Å². The third-order valence-corrected chi connectivity index (χ3v) is 7.66. The molecule has 8 N–H and O–H groups in total. The molecule has 0 heterocycles. The summed E-state index contributed by atoms with van der Waals surface area (Å²) in [6.45, 7) is 1.30. The predicted octanol–water partition coefficient (Wildman–Crippen LogP) is 4.03. The Kier molecular flexibility index (Phi) is 8.62. The molecule has 0 aliphatic heterocycles. The van der Waals surface area contributed by atoms with Crippen molar-refractivity contribution in [2.24, 2.45) is 15.3 Å². The molecule has 0 unspecified atom stereocenters. The number of aromatic carboxylic acids is 1. The number of anilines is 1. The summed E-state index contributed by atoms with van der Waals surface area (Å²) in [5, 5.41) is 31.0. The third kappa shape index (κ3) is 7.16. The fourth-order valence-electron chi connectivity index (χ4n) is 3.15. The number of benzene rings is 3. The minimum absolute atomic E-state index is 0.0137. The van der Waals surface area contributed by atoms with E-state index in [1.807, 2.05) is 0 Å². The molecule has 0 bridgehead atoms. The van der Waals surface area contributed by atoms with Gasteiger partial charge in [0.1, 0.15) is 27.2 Å². The third-order valence-electron chi connectivity index (χ3n) is 5.03. The quantitative estimate of drug-likeness (QED) is 0.0443. The number of carboxylic acids is 1. The lowest BCUT2D eigenvalue weighted by molar-refractivity contribution is 0.0697. The summed E-state index contributed by atoms with van der Waals surface area (Å²) in [6.07, 6.45) is 0. The van der Waals surface area contributed by atoms with Gasteiger partial charge >= 0.3 is 5.97 Å². The molecular formula is C21H20N4O12S3. The molecule has 19 heteroatoms. The van der Waals surface area contributed by atoms with Gasteiger partial charge in [-0.05, 0) is 55.0 Å². The summed E-state index contributed by atoms with van der Waals surface area (Å²) in [4.78, 5) is 9.76. The van der Waals surface area contributed by atoms with Crippen LogP contribution in [0, 0.1) is 6.92 Å². The maximum absolute atomic E-state index is 12.0. The van der Waals surface area contributed by atoms with Gasteiger partial charge in [-0.25, -0.2) is 4.79 Å². The van der Waals surface area contributed by atoms with Crippen LogP contribution in [0.1, 0.15) is 21.5 Å². The number of phenols is 1. The summed E-state index contributed by atoms with van der Waals surface area (Å²) in [6, 6.07) is 9.00. The van der Waals surface area contributed by atoms with E-state index in [0.29, 0.717) is 0 Å². The first-order valence-corrected chi connectivity index (χ1v) is 14.8. The van der Waals surface area contributed by atoms with Crippen molar-refractivity contribution in [2.45, 2.75) is 21.6 Å². The number of azo groups is 1. The predicted molar refractivity (Wildman–Crippen MR) is 141 cm³/mol. The Bertz CT molecular complexity index is 1770. The molecule has 40 heavy (non-hydrogen) atoms. The van der Waals surface area contributed by atoms with E-state index < -0.39 is 85.8 Å². The number of carboxylic acid groups (broad SMARTS) is 1. The van der Waals surface area contributed by atoms with Gasteiger partial charge in [0.15, 0.2) is 0 Å². The highest BCUT2D eigenvalue weighted by atomic mass is 32.3. The van der Waals surface area contributed by atoms with Crippen LogP contribution in [0.25, 0.3) is 0 Å². The van der Waals surface area contributed by atoms with Gasteiger partial charge in [0, 0.05) is 5.56 Å². The van der Waals surface area contributed by atoms with Gasteiger partial charge in [0.2, 0.25) is 5.84 Å². The van der Waals surface area contributed by atoms with Gasteiger partial charge in [0.25, 0.3) is 20.2 Å². The molecule has 3 aromatic carbocycles. The normalized spacial score (nSPS) is 13.4. The molecule has 0 spiro atoms.